The molecule has 62 valence electrons. The Bertz CT molecular complexity index is 333. The van der Waals surface area contributed by atoms with Gasteiger partial charge in [0.25, 0.3) is 0 Å². The molecule has 3 heteroatoms. The monoisotopic (exact) mass is 183 g/mol. The zero-order valence-corrected chi connectivity index (χ0v) is 7.11. The highest BCUT2D eigenvalue weighted by atomic mass is 35.5. The van der Waals surface area contributed by atoms with Gasteiger partial charge in [0.2, 0.25) is 0 Å². The summed E-state index contributed by atoms with van der Waals surface area (Å²) in [5, 5.41) is 0.355. The standard InChI is InChI=1S/C9H7ClFN/c1-6(12-2)8-4-3-7(10)5-9(8)11/h3-5H,1-2H2. The van der Waals surface area contributed by atoms with E-state index in [1.54, 1.807) is 6.07 Å². The lowest BCUT2D eigenvalue weighted by molar-refractivity contribution is 0.624. The van der Waals surface area contributed by atoms with Gasteiger partial charge in [-0.3, -0.25) is 4.99 Å². The van der Waals surface area contributed by atoms with Gasteiger partial charge in [-0.25, -0.2) is 4.39 Å². The summed E-state index contributed by atoms with van der Waals surface area (Å²) in [6, 6.07) is 4.32. The van der Waals surface area contributed by atoms with Crippen molar-refractivity contribution in [2.45, 2.75) is 0 Å². The summed E-state index contributed by atoms with van der Waals surface area (Å²) >= 11 is 5.55. The van der Waals surface area contributed by atoms with Crippen LogP contribution >= 0.6 is 11.6 Å². The molecule has 0 aliphatic carbocycles. The maximum Gasteiger partial charge on any atom is 0.134 e. The van der Waals surface area contributed by atoms with E-state index in [0.717, 1.165) is 0 Å². The lowest BCUT2D eigenvalue weighted by Gasteiger charge is -2.00. The molecule has 1 rings (SSSR count). The Kier molecular flexibility index (Phi) is 2.61. The van der Waals surface area contributed by atoms with Crippen LogP contribution in [0.15, 0.2) is 29.8 Å². The third-order valence-corrected chi connectivity index (χ3v) is 1.67. The maximum atomic E-state index is 13.1. The molecule has 12 heavy (non-hydrogen) atoms. The molecule has 0 amide bonds. The third kappa shape index (κ3) is 1.71. The summed E-state index contributed by atoms with van der Waals surface area (Å²) < 4.78 is 13.1. The van der Waals surface area contributed by atoms with Gasteiger partial charge in [0.15, 0.2) is 0 Å². The van der Waals surface area contributed by atoms with E-state index in [2.05, 4.69) is 18.3 Å². The topological polar surface area (TPSA) is 12.4 Å². The molecule has 0 unspecified atom stereocenters. The van der Waals surface area contributed by atoms with Gasteiger partial charge in [0.1, 0.15) is 5.82 Å². The van der Waals surface area contributed by atoms with Crippen molar-refractivity contribution >= 4 is 24.0 Å². The SMILES string of the molecule is C=NC(=C)c1ccc(Cl)cc1F. The van der Waals surface area contributed by atoms with E-state index in [1.165, 1.54) is 12.1 Å². The van der Waals surface area contributed by atoms with Gasteiger partial charge in [-0.2, -0.15) is 0 Å². The number of hydrogen-bond acceptors (Lipinski definition) is 1. The Morgan fingerprint density at radius 2 is 2.17 bits per heavy atom. The summed E-state index contributed by atoms with van der Waals surface area (Å²) in [5.74, 6) is -0.431. The van der Waals surface area contributed by atoms with Gasteiger partial charge in [-0.15, -0.1) is 0 Å². The van der Waals surface area contributed by atoms with Gasteiger partial charge in [0.05, 0.1) is 5.70 Å². The predicted octanol–water partition coefficient (Wildman–Crippen LogP) is 3.15. The summed E-state index contributed by atoms with van der Waals surface area (Å²) in [6.45, 7) is 6.77. The van der Waals surface area contributed by atoms with Crippen LogP contribution < -0.4 is 0 Å². The molecule has 0 bridgehead atoms. The van der Waals surface area contributed by atoms with Crippen LogP contribution in [0.5, 0.6) is 0 Å². The van der Waals surface area contributed by atoms with Crippen LogP contribution in [0.4, 0.5) is 4.39 Å². The molecule has 0 aliphatic heterocycles. The number of hydrogen-bond donors (Lipinski definition) is 0. The van der Waals surface area contributed by atoms with Gasteiger partial charge >= 0.3 is 0 Å². The van der Waals surface area contributed by atoms with E-state index < -0.39 is 5.82 Å². The highest BCUT2D eigenvalue weighted by molar-refractivity contribution is 6.30. The second-order valence-electron chi connectivity index (χ2n) is 2.23. The molecule has 0 saturated heterocycles. The summed E-state index contributed by atoms with van der Waals surface area (Å²) in [5.41, 5.74) is 0.638. The Morgan fingerprint density at radius 1 is 1.50 bits per heavy atom. The fourth-order valence-corrected chi connectivity index (χ4v) is 0.967. The zero-order chi connectivity index (χ0) is 9.14. The van der Waals surface area contributed by atoms with Crippen LogP contribution in [-0.2, 0) is 0 Å². The highest BCUT2D eigenvalue weighted by Gasteiger charge is 2.04. The normalized spacial score (nSPS) is 9.50. The lowest BCUT2D eigenvalue weighted by Crippen LogP contribution is -1.85. The molecular formula is C9H7ClFN. The first-order chi connectivity index (χ1) is 5.65. The van der Waals surface area contributed by atoms with Gasteiger partial charge < -0.3 is 0 Å². The number of aliphatic imine (C=N–C) groups is 1. The lowest BCUT2D eigenvalue weighted by atomic mass is 10.2. The van der Waals surface area contributed by atoms with E-state index in [1.807, 2.05) is 0 Å². The van der Waals surface area contributed by atoms with Crippen LogP contribution in [0.1, 0.15) is 5.56 Å². The Morgan fingerprint density at radius 3 is 2.67 bits per heavy atom. The van der Waals surface area contributed by atoms with E-state index in [9.17, 15) is 4.39 Å². The van der Waals surface area contributed by atoms with Crippen LogP contribution in [0, 0.1) is 5.82 Å². The minimum Gasteiger partial charge on any atom is -0.265 e. The van der Waals surface area contributed by atoms with E-state index in [-0.39, 0.29) is 0 Å². The minimum atomic E-state index is -0.431. The molecule has 0 N–H and O–H groups in total. The Hall–Kier alpha value is -1.15. The van der Waals surface area contributed by atoms with Crippen LogP contribution in [0.2, 0.25) is 5.02 Å². The van der Waals surface area contributed by atoms with Crippen LogP contribution in [0.3, 0.4) is 0 Å². The van der Waals surface area contributed by atoms with Crippen LogP contribution in [-0.4, -0.2) is 6.72 Å². The second kappa shape index (κ2) is 3.50. The molecule has 0 atom stereocenters. The number of halogens is 2. The number of benzene rings is 1. The molecular weight excluding hydrogens is 177 g/mol. The van der Waals surface area contributed by atoms with E-state index in [4.69, 9.17) is 11.6 Å². The third-order valence-electron chi connectivity index (χ3n) is 1.43. The average Bonchev–Trinajstić information content (AvgIpc) is 2.03. The molecule has 0 heterocycles. The van der Waals surface area contributed by atoms with E-state index >= 15 is 0 Å². The van der Waals surface area contributed by atoms with Crippen molar-refractivity contribution < 1.29 is 4.39 Å². The summed E-state index contributed by atoms with van der Waals surface area (Å²) in [7, 11) is 0. The predicted molar refractivity (Wildman–Crippen MR) is 50.0 cm³/mol. The molecule has 0 saturated carbocycles. The highest BCUT2D eigenvalue weighted by Crippen LogP contribution is 2.20. The fourth-order valence-electron chi connectivity index (χ4n) is 0.809. The van der Waals surface area contributed by atoms with Crippen molar-refractivity contribution in [1.82, 2.24) is 0 Å². The van der Waals surface area contributed by atoms with Crippen molar-refractivity contribution in [2.75, 3.05) is 0 Å². The molecule has 0 spiro atoms. The van der Waals surface area contributed by atoms with E-state index in [0.29, 0.717) is 16.3 Å². The molecule has 0 aromatic heterocycles. The Labute approximate surface area is 75.2 Å². The number of nitrogens with zero attached hydrogens (tertiary/aromatic N) is 1. The van der Waals surface area contributed by atoms with Crippen LogP contribution in [0.25, 0.3) is 5.70 Å². The van der Waals surface area contributed by atoms with Crippen molar-refractivity contribution in [1.29, 1.82) is 0 Å². The molecule has 1 aromatic carbocycles. The van der Waals surface area contributed by atoms with Crippen molar-refractivity contribution in [3.8, 4) is 0 Å². The van der Waals surface area contributed by atoms with Crippen molar-refractivity contribution in [2.24, 2.45) is 4.99 Å². The maximum absolute atomic E-state index is 13.1. The van der Waals surface area contributed by atoms with Crippen molar-refractivity contribution in [3.05, 3.63) is 41.2 Å². The van der Waals surface area contributed by atoms with Crippen molar-refractivity contribution in [3.63, 3.8) is 0 Å². The Balaban J connectivity index is 3.18. The molecule has 1 nitrogen and oxygen atoms in total. The first-order valence-electron chi connectivity index (χ1n) is 3.26. The number of rotatable bonds is 2. The summed E-state index contributed by atoms with van der Waals surface area (Å²) in [6.07, 6.45) is 0. The minimum absolute atomic E-state index is 0.309. The van der Waals surface area contributed by atoms with Gasteiger partial charge in [-0.05, 0) is 24.9 Å². The molecule has 0 fully saturated rings. The fraction of sp³-hybridized carbons (Fsp3) is 0. The molecule has 0 aliphatic rings. The average molecular weight is 184 g/mol. The largest absolute Gasteiger partial charge is 0.265 e. The van der Waals surface area contributed by atoms with Gasteiger partial charge in [0, 0.05) is 10.6 Å². The quantitative estimate of drug-likeness (QED) is 0.625. The van der Waals surface area contributed by atoms with Gasteiger partial charge in [-0.1, -0.05) is 18.2 Å². The second-order valence-corrected chi connectivity index (χ2v) is 2.67. The molecule has 1 aromatic rings. The molecule has 0 radical (unpaired) electrons. The smallest absolute Gasteiger partial charge is 0.134 e. The zero-order valence-electron chi connectivity index (χ0n) is 6.35. The first kappa shape index (κ1) is 8.94. The summed E-state index contributed by atoms with van der Waals surface area (Å²) in [4.78, 5) is 3.52. The first-order valence-corrected chi connectivity index (χ1v) is 3.64.